The summed E-state index contributed by atoms with van der Waals surface area (Å²) < 4.78 is -1.90. The Morgan fingerprint density at radius 2 is 1.06 bits per heavy atom. The number of Topliss-reactive ketones (excluding diaryl/α,β-unsaturated/α-hetero) is 1. The van der Waals surface area contributed by atoms with Gasteiger partial charge in [0, 0.05) is 5.56 Å². The second kappa shape index (κ2) is 4.79. The fourth-order valence-electron chi connectivity index (χ4n) is 1.98. The molecule has 1 nitrogen and oxygen atoms in total. The van der Waals surface area contributed by atoms with E-state index in [4.69, 9.17) is 34.8 Å². The van der Waals surface area contributed by atoms with E-state index >= 15 is 0 Å². The first-order valence-electron chi connectivity index (χ1n) is 5.27. The molecule has 0 amide bonds. The Morgan fingerprint density at radius 3 is 1.35 bits per heavy atom. The number of halogens is 3. The van der Waals surface area contributed by atoms with Gasteiger partial charge in [0.15, 0.2) is 0 Å². The summed E-state index contributed by atoms with van der Waals surface area (Å²) in [6.45, 7) is 9.77. The molecule has 1 aromatic rings. The number of hydrogen-bond donors (Lipinski definition) is 0. The Morgan fingerprint density at radius 1 is 0.765 bits per heavy atom. The van der Waals surface area contributed by atoms with Crippen molar-refractivity contribution in [3.05, 3.63) is 33.4 Å². The van der Waals surface area contributed by atoms with Gasteiger partial charge >= 0.3 is 0 Å². The Hall–Kier alpha value is -0.240. The second-order valence-electron chi connectivity index (χ2n) is 4.33. The predicted octanol–water partition coefficient (Wildman–Crippen LogP) is 4.78. The second-order valence-corrected chi connectivity index (χ2v) is 6.61. The van der Waals surface area contributed by atoms with Crippen LogP contribution in [-0.2, 0) is 0 Å². The summed E-state index contributed by atoms with van der Waals surface area (Å²) in [5.74, 6) is -0.455. The fraction of sp³-hybridized carbons (Fsp3) is 0.462. The highest BCUT2D eigenvalue weighted by Crippen LogP contribution is 2.35. The third-order valence-electron chi connectivity index (χ3n) is 3.48. The summed E-state index contributed by atoms with van der Waals surface area (Å²) in [7, 11) is 0. The molecule has 0 unspecified atom stereocenters. The van der Waals surface area contributed by atoms with Gasteiger partial charge in [-0.25, -0.2) is 0 Å². The van der Waals surface area contributed by atoms with Gasteiger partial charge in [-0.1, -0.05) is 34.8 Å². The zero-order chi connectivity index (χ0) is 13.5. The number of hydrogen-bond acceptors (Lipinski definition) is 1. The van der Waals surface area contributed by atoms with Crippen LogP contribution in [0.5, 0.6) is 0 Å². The molecule has 0 bridgehead atoms. The molecule has 94 valence electrons. The molecular formula is C13H15Cl3O. The van der Waals surface area contributed by atoms with Crippen molar-refractivity contribution in [1.29, 1.82) is 0 Å². The largest absolute Gasteiger partial charge is 0.289 e. The van der Waals surface area contributed by atoms with Gasteiger partial charge in [-0.3, -0.25) is 4.79 Å². The van der Waals surface area contributed by atoms with Gasteiger partial charge in [-0.2, -0.15) is 0 Å². The minimum Gasteiger partial charge on any atom is -0.289 e. The number of benzene rings is 1. The molecule has 0 aliphatic rings. The van der Waals surface area contributed by atoms with Crippen molar-refractivity contribution in [2.45, 2.75) is 38.4 Å². The van der Waals surface area contributed by atoms with Gasteiger partial charge in [0.1, 0.15) is 0 Å². The van der Waals surface area contributed by atoms with Gasteiger partial charge in [0.25, 0.3) is 3.79 Å². The maximum Gasteiger partial charge on any atom is 0.253 e. The summed E-state index contributed by atoms with van der Waals surface area (Å²) in [5.41, 5.74) is 5.65. The van der Waals surface area contributed by atoms with E-state index < -0.39 is 9.58 Å². The quantitative estimate of drug-likeness (QED) is 0.538. The van der Waals surface area contributed by atoms with Crippen molar-refractivity contribution in [1.82, 2.24) is 0 Å². The molecule has 0 atom stereocenters. The monoisotopic (exact) mass is 292 g/mol. The Balaban J connectivity index is 3.62. The maximum atomic E-state index is 12.1. The molecule has 0 spiro atoms. The van der Waals surface area contributed by atoms with E-state index in [1.165, 1.54) is 5.56 Å². The molecule has 0 saturated carbocycles. The molecule has 0 radical (unpaired) electrons. The molecule has 0 aliphatic heterocycles. The molecule has 0 aromatic heterocycles. The SMILES string of the molecule is Cc1c(C)c(C)c(C(=O)C(Cl)(Cl)Cl)c(C)c1C. The maximum absolute atomic E-state index is 12.1. The lowest BCUT2D eigenvalue weighted by molar-refractivity contribution is 0.0995. The van der Waals surface area contributed by atoms with E-state index in [9.17, 15) is 4.79 Å². The smallest absolute Gasteiger partial charge is 0.253 e. The van der Waals surface area contributed by atoms with E-state index in [-0.39, 0.29) is 0 Å². The number of rotatable bonds is 1. The van der Waals surface area contributed by atoms with E-state index in [0.717, 1.165) is 22.3 Å². The Labute approximate surface area is 117 Å². The standard InChI is InChI=1S/C13H15Cl3O/c1-6-7(2)9(4)11(10(5)8(6)3)12(17)13(14,15)16/h1-5H3. The summed E-state index contributed by atoms with van der Waals surface area (Å²) in [5, 5.41) is 0. The molecule has 1 rings (SSSR count). The van der Waals surface area contributed by atoms with Gasteiger partial charge in [0.05, 0.1) is 0 Å². The highest BCUT2D eigenvalue weighted by Gasteiger charge is 2.34. The van der Waals surface area contributed by atoms with Crippen LogP contribution in [-0.4, -0.2) is 9.58 Å². The first kappa shape index (κ1) is 14.8. The van der Waals surface area contributed by atoms with Crippen LogP contribution in [0.3, 0.4) is 0 Å². The molecule has 17 heavy (non-hydrogen) atoms. The van der Waals surface area contributed by atoms with E-state index in [1.54, 1.807) is 0 Å². The lowest BCUT2D eigenvalue weighted by Crippen LogP contribution is -2.22. The molecule has 0 saturated heterocycles. The summed E-state index contributed by atoms with van der Waals surface area (Å²) in [6.07, 6.45) is 0. The van der Waals surface area contributed by atoms with Crippen molar-refractivity contribution in [3.63, 3.8) is 0 Å². The topological polar surface area (TPSA) is 17.1 Å². The van der Waals surface area contributed by atoms with Crippen molar-refractivity contribution in [2.24, 2.45) is 0 Å². The lowest BCUT2D eigenvalue weighted by atomic mass is 9.88. The minimum atomic E-state index is -1.90. The number of alkyl halides is 3. The van der Waals surface area contributed by atoms with Crippen LogP contribution in [0.25, 0.3) is 0 Å². The average Bonchev–Trinajstić information content (AvgIpc) is 2.22. The normalized spacial score (nSPS) is 11.8. The van der Waals surface area contributed by atoms with Crippen molar-refractivity contribution in [2.75, 3.05) is 0 Å². The van der Waals surface area contributed by atoms with E-state index in [1.807, 2.05) is 34.6 Å². The van der Waals surface area contributed by atoms with Gasteiger partial charge in [-0.15, -0.1) is 0 Å². The van der Waals surface area contributed by atoms with Crippen molar-refractivity contribution < 1.29 is 4.79 Å². The molecule has 0 fully saturated rings. The fourth-order valence-corrected chi connectivity index (χ4v) is 2.27. The first-order valence-corrected chi connectivity index (χ1v) is 6.40. The minimum absolute atomic E-state index is 0.455. The highest BCUT2D eigenvalue weighted by atomic mass is 35.6. The van der Waals surface area contributed by atoms with E-state index in [2.05, 4.69) is 0 Å². The zero-order valence-corrected chi connectivity index (χ0v) is 12.8. The van der Waals surface area contributed by atoms with Crippen LogP contribution in [0.2, 0.25) is 0 Å². The predicted molar refractivity (Wildman–Crippen MR) is 74.7 cm³/mol. The molecular weight excluding hydrogens is 279 g/mol. The lowest BCUT2D eigenvalue weighted by Gasteiger charge is -2.20. The van der Waals surface area contributed by atoms with Gasteiger partial charge in [-0.05, 0) is 62.4 Å². The Bertz CT molecular complexity index is 455. The molecule has 0 heterocycles. The Kier molecular flexibility index (Phi) is 4.18. The summed E-state index contributed by atoms with van der Waals surface area (Å²) in [6, 6.07) is 0. The van der Waals surface area contributed by atoms with Crippen LogP contribution in [0, 0.1) is 34.6 Å². The summed E-state index contributed by atoms with van der Waals surface area (Å²) >= 11 is 17.1. The third kappa shape index (κ3) is 2.62. The van der Waals surface area contributed by atoms with Crippen molar-refractivity contribution in [3.8, 4) is 0 Å². The van der Waals surface area contributed by atoms with Gasteiger partial charge in [0.2, 0.25) is 5.78 Å². The molecule has 1 aromatic carbocycles. The van der Waals surface area contributed by atoms with Crippen LogP contribution in [0.1, 0.15) is 38.2 Å². The van der Waals surface area contributed by atoms with Crippen LogP contribution < -0.4 is 0 Å². The number of carbonyl (C=O) groups excluding carboxylic acids is 1. The number of carbonyl (C=O) groups is 1. The third-order valence-corrected chi connectivity index (χ3v) is 4.00. The molecule has 0 N–H and O–H groups in total. The number of ketones is 1. The first-order chi connectivity index (χ1) is 7.59. The molecule has 0 aliphatic carbocycles. The highest BCUT2D eigenvalue weighted by molar-refractivity contribution is 6.77. The van der Waals surface area contributed by atoms with Crippen molar-refractivity contribution >= 4 is 40.6 Å². The van der Waals surface area contributed by atoms with Gasteiger partial charge < -0.3 is 0 Å². The molecule has 4 heteroatoms. The van der Waals surface area contributed by atoms with Crippen LogP contribution in [0.15, 0.2) is 0 Å². The zero-order valence-electron chi connectivity index (χ0n) is 10.5. The van der Waals surface area contributed by atoms with Crippen LogP contribution in [0.4, 0.5) is 0 Å². The summed E-state index contributed by atoms with van der Waals surface area (Å²) in [4.78, 5) is 12.1. The van der Waals surface area contributed by atoms with Crippen LogP contribution >= 0.6 is 34.8 Å². The van der Waals surface area contributed by atoms with E-state index in [0.29, 0.717) is 5.56 Å². The average molecular weight is 294 g/mol.